The van der Waals surface area contributed by atoms with Crippen molar-refractivity contribution in [2.75, 3.05) is 32.7 Å². The minimum Gasteiger partial charge on any atom is -0.357 e. The largest absolute Gasteiger partial charge is 0.357 e. The lowest BCUT2D eigenvalue weighted by Crippen LogP contribution is -2.40. The van der Waals surface area contributed by atoms with Gasteiger partial charge in [0.05, 0.1) is 6.54 Å². The average molecular weight is 385 g/mol. The molecule has 1 saturated carbocycles. The van der Waals surface area contributed by atoms with Gasteiger partial charge in [0.1, 0.15) is 0 Å². The smallest absolute Gasteiger partial charge is 0.253 e. The number of carbonyl (C=O) groups is 1. The predicted octanol–water partition coefficient (Wildman–Crippen LogP) is 3.76. The molecule has 3 rings (SSSR count). The fourth-order valence-electron chi connectivity index (χ4n) is 4.62. The number of amides is 1. The van der Waals surface area contributed by atoms with Gasteiger partial charge in [-0.2, -0.15) is 0 Å². The molecular formula is C23H36N4O. The second kappa shape index (κ2) is 9.94. The van der Waals surface area contributed by atoms with E-state index in [0.29, 0.717) is 6.54 Å². The van der Waals surface area contributed by atoms with Crippen molar-refractivity contribution in [2.45, 2.75) is 53.0 Å². The van der Waals surface area contributed by atoms with E-state index < -0.39 is 0 Å². The molecule has 1 aliphatic carbocycles. The van der Waals surface area contributed by atoms with E-state index in [4.69, 9.17) is 4.99 Å². The Bertz CT molecular complexity index is 652. The Morgan fingerprint density at radius 2 is 1.68 bits per heavy atom. The monoisotopic (exact) mass is 384 g/mol. The van der Waals surface area contributed by atoms with Crippen molar-refractivity contribution < 1.29 is 4.79 Å². The third kappa shape index (κ3) is 4.86. The molecule has 5 nitrogen and oxygen atoms in total. The molecule has 2 unspecified atom stereocenters. The summed E-state index contributed by atoms with van der Waals surface area (Å²) in [6.45, 7) is 11.5. The molecule has 2 fully saturated rings. The van der Waals surface area contributed by atoms with Gasteiger partial charge >= 0.3 is 0 Å². The molecule has 2 aliphatic rings. The van der Waals surface area contributed by atoms with Crippen molar-refractivity contribution in [2.24, 2.45) is 16.8 Å². The first kappa shape index (κ1) is 20.7. The van der Waals surface area contributed by atoms with E-state index in [-0.39, 0.29) is 5.91 Å². The van der Waals surface area contributed by atoms with Crippen molar-refractivity contribution in [1.82, 2.24) is 15.1 Å². The SMILES string of the molecule is CCNC(=NCc1ccc(C(=O)N(CC)CC)cc1)N1CC2CCCCC2C1. The fraction of sp³-hybridized carbons (Fsp3) is 0.652. The van der Waals surface area contributed by atoms with Crippen LogP contribution in [0.1, 0.15) is 62.4 Å². The molecule has 154 valence electrons. The highest BCUT2D eigenvalue weighted by Crippen LogP contribution is 2.36. The first-order valence-electron chi connectivity index (χ1n) is 11.1. The Balaban J connectivity index is 1.64. The highest BCUT2D eigenvalue weighted by Gasteiger charge is 2.35. The number of aliphatic imine (C=N–C) groups is 1. The van der Waals surface area contributed by atoms with Crippen molar-refractivity contribution in [3.8, 4) is 0 Å². The molecule has 1 heterocycles. The highest BCUT2D eigenvalue weighted by atomic mass is 16.2. The highest BCUT2D eigenvalue weighted by molar-refractivity contribution is 5.94. The Hall–Kier alpha value is -2.04. The maximum absolute atomic E-state index is 12.4. The second-order valence-electron chi connectivity index (χ2n) is 8.05. The van der Waals surface area contributed by atoms with Crippen LogP contribution in [0.5, 0.6) is 0 Å². The van der Waals surface area contributed by atoms with E-state index in [2.05, 4.69) is 17.1 Å². The lowest BCUT2D eigenvalue weighted by molar-refractivity contribution is 0.0773. The number of likely N-dealkylation sites (tertiary alicyclic amines) is 1. The molecule has 1 aromatic rings. The van der Waals surface area contributed by atoms with Crippen LogP contribution in [0.15, 0.2) is 29.3 Å². The van der Waals surface area contributed by atoms with Crippen molar-refractivity contribution in [3.63, 3.8) is 0 Å². The lowest BCUT2D eigenvalue weighted by atomic mass is 9.82. The maximum Gasteiger partial charge on any atom is 0.253 e. The van der Waals surface area contributed by atoms with Crippen LogP contribution in [0.3, 0.4) is 0 Å². The maximum atomic E-state index is 12.4. The van der Waals surface area contributed by atoms with E-state index >= 15 is 0 Å². The molecule has 5 heteroatoms. The van der Waals surface area contributed by atoms with Gasteiger partial charge in [-0.3, -0.25) is 4.79 Å². The summed E-state index contributed by atoms with van der Waals surface area (Å²) >= 11 is 0. The minimum atomic E-state index is 0.105. The van der Waals surface area contributed by atoms with Gasteiger partial charge in [-0.25, -0.2) is 4.99 Å². The van der Waals surface area contributed by atoms with Crippen molar-refractivity contribution in [1.29, 1.82) is 0 Å². The zero-order valence-electron chi connectivity index (χ0n) is 17.8. The summed E-state index contributed by atoms with van der Waals surface area (Å²) in [5.74, 6) is 2.85. The number of fused-ring (bicyclic) bond motifs is 1. The summed E-state index contributed by atoms with van der Waals surface area (Å²) in [5.41, 5.74) is 1.90. The Labute approximate surface area is 170 Å². The molecule has 1 saturated heterocycles. The Kier molecular flexibility index (Phi) is 7.35. The standard InChI is InChI=1S/C23H36N4O/c1-4-24-23(27-16-20-9-7-8-10-21(20)17-27)25-15-18-11-13-19(14-12-18)22(28)26(5-2)6-3/h11-14,20-21H,4-10,15-17H2,1-3H3,(H,24,25). The molecule has 2 atom stereocenters. The molecule has 0 bridgehead atoms. The number of guanidine groups is 1. The molecule has 0 aromatic heterocycles. The zero-order valence-corrected chi connectivity index (χ0v) is 17.8. The van der Waals surface area contributed by atoms with Gasteiger partial charge in [-0.15, -0.1) is 0 Å². The van der Waals surface area contributed by atoms with E-state index in [1.54, 1.807) is 0 Å². The molecule has 0 spiro atoms. The van der Waals surface area contributed by atoms with E-state index in [1.807, 2.05) is 43.0 Å². The summed E-state index contributed by atoms with van der Waals surface area (Å²) in [7, 11) is 0. The number of rotatable bonds is 6. The van der Waals surface area contributed by atoms with Gasteiger partial charge in [0.15, 0.2) is 5.96 Å². The van der Waals surface area contributed by atoms with E-state index in [9.17, 15) is 4.79 Å². The molecule has 1 N–H and O–H groups in total. The van der Waals surface area contributed by atoms with Gasteiger partial charge in [0.25, 0.3) is 5.91 Å². The summed E-state index contributed by atoms with van der Waals surface area (Å²) in [5, 5.41) is 3.48. The summed E-state index contributed by atoms with van der Waals surface area (Å²) in [6.07, 6.45) is 5.54. The van der Waals surface area contributed by atoms with Crippen LogP contribution in [0.25, 0.3) is 0 Å². The molecule has 1 aromatic carbocycles. The number of hydrogen-bond acceptors (Lipinski definition) is 2. The molecule has 1 amide bonds. The third-order valence-electron chi connectivity index (χ3n) is 6.27. The first-order chi connectivity index (χ1) is 13.7. The van der Waals surface area contributed by atoms with Gasteiger partial charge in [0, 0.05) is 38.3 Å². The Morgan fingerprint density at radius 1 is 1.07 bits per heavy atom. The summed E-state index contributed by atoms with van der Waals surface area (Å²) in [4.78, 5) is 21.7. The Morgan fingerprint density at radius 3 is 2.21 bits per heavy atom. The number of nitrogens with one attached hydrogen (secondary N) is 1. The van der Waals surface area contributed by atoms with Crippen molar-refractivity contribution >= 4 is 11.9 Å². The number of benzene rings is 1. The van der Waals surface area contributed by atoms with Crippen LogP contribution in [-0.2, 0) is 6.54 Å². The van der Waals surface area contributed by atoms with Crippen LogP contribution >= 0.6 is 0 Å². The van der Waals surface area contributed by atoms with Crippen molar-refractivity contribution in [3.05, 3.63) is 35.4 Å². The topological polar surface area (TPSA) is 47.9 Å². The summed E-state index contributed by atoms with van der Waals surface area (Å²) < 4.78 is 0. The number of hydrogen-bond donors (Lipinski definition) is 1. The van der Waals surface area contributed by atoms with Crippen LogP contribution in [0, 0.1) is 11.8 Å². The molecule has 0 radical (unpaired) electrons. The average Bonchev–Trinajstić information content (AvgIpc) is 3.16. The second-order valence-corrected chi connectivity index (χ2v) is 8.05. The third-order valence-corrected chi connectivity index (χ3v) is 6.27. The van der Waals surface area contributed by atoms with Crippen LogP contribution in [0.2, 0.25) is 0 Å². The predicted molar refractivity (Wildman–Crippen MR) is 116 cm³/mol. The zero-order chi connectivity index (χ0) is 19.9. The van der Waals surface area contributed by atoms with Gasteiger partial charge in [-0.05, 0) is 63.1 Å². The summed E-state index contributed by atoms with van der Waals surface area (Å²) in [6, 6.07) is 7.94. The van der Waals surface area contributed by atoms with Gasteiger partial charge in [0.2, 0.25) is 0 Å². The van der Waals surface area contributed by atoms with E-state index in [0.717, 1.165) is 61.6 Å². The fourth-order valence-corrected chi connectivity index (χ4v) is 4.62. The number of carbonyl (C=O) groups excluding carboxylic acids is 1. The first-order valence-corrected chi connectivity index (χ1v) is 11.1. The van der Waals surface area contributed by atoms with Gasteiger partial charge < -0.3 is 15.1 Å². The van der Waals surface area contributed by atoms with Crippen LogP contribution in [-0.4, -0.2) is 54.4 Å². The normalized spacial score (nSPS) is 22.1. The molecular weight excluding hydrogens is 348 g/mol. The molecule has 28 heavy (non-hydrogen) atoms. The van der Waals surface area contributed by atoms with E-state index in [1.165, 1.54) is 25.7 Å². The molecule has 1 aliphatic heterocycles. The number of nitrogens with zero attached hydrogens (tertiary/aromatic N) is 3. The van der Waals surface area contributed by atoms with Gasteiger partial charge in [-0.1, -0.05) is 25.0 Å². The van der Waals surface area contributed by atoms with Crippen LogP contribution in [0.4, 0.5) is 0 Å². The lowest BCUT2D eigenvalue weighted by Gasteiger charge is -2.22. The van der Waals surface area contributed by atoms with Crippen LogP contribution < -0.4 is 5.32 Å². The minimum absolute atomic E-state index is 0.105. The quantitative estimate of drug-likeness (QED) is 0.600.